The van der Waals surface area contributed by atoms with Crippen molar-refractivity contribution >= 4 is 5.91 Å². The molecule has 1 aromatic heterocycles. The van der Waals surface area contributed by atoms with Crippen molar-refractivity contribution in [3.63, 3.8) is 0 Å². The quantitative estimate of drug-likeness (QED) is 0.538. The lowest BCUT2D eigenvalue weighted by Gasteiger charge is -2.22. The molecule has 0 atom stereocenters. The van der Waals surface area contributed by atoms with Crippen LogP contribution in [0.1, 0.15) is 62.5 Å². The molecule has 0 aliphatic carbocycles. The molecule has 0 radical (unpaired) electrons. The smallest absolute Gasteiger partial charge is 0.231 e. The van der Waals surface area contributed by atoms with Crippen LogP contribution in [0.3, 0.4) is 0 Å². The fourth-order valence-corrected chi connectivity index (χ4v) is 3.29. The highest BCUT2D eigenvalue weighted by molar-refractivity contribution is 5.76. The summed E-state index contributed by atoms with van der Waals surface area (Å²) in [7, 11) is 0. The topological polar surface area (TPSA) is 51.9 Å². The Labute approximate surface area is 161 Å². The highest BCUT2D eigenvalue weighted by Gasteiger charge is 2.19. The number of hydrogen-bond donors (Lipinski definition) is 0. The Kier molecular flexibility index (Phi) is 6.80. The summed E-state index contributed by atoms with van der Waals surface area (Å²) in [4.78, 5) is 14.7. The molecule has 0 fully saturated rings. The van der Waals surface area contributed by atoms with E-state index in [-0.39, 0.29) is 12.7 Å². The van der Waals surface area contributed by atoms with Gasteiger partial charge >= 0.3 is 0 Å². The Morgan fingerprint density at radius 1 is 1.00 bits per heavy atom. The van der Waals surface area contributed by atoms with Crippen LogP contribution in [0.2, 0.25) is 0 Å². The van der Waals surface area contributed by atoms with E-state index in [1.54, 1.807) is 0 Å². The van der Waals surface area contributed by atoms with Gasteiger partial charge in [-0.1, -0.05) is 38.7 Å². The van der Waals surface area contributed by atoms with Crippen molar-refractivity contribution in [3.8, 4) is 11.5 Å². The van der Waals surface area contributed by atoms with Crippen LogP contribution in [0.25, 0.3) is 0 Å². The largest absolute Gasteiger partial charge is 0.464 e. The summed E-state index contributed by atoms with van der Waals surface area (Å²) in [5.74, 6) is 3.34. The van der Waals surface area contributed by atoms with Crippen molar-refractivity contribution in [2.45, 2.75) is 65.5 Å². The molecule has 0 N–H and O–H groups in total. The second-order valence-corrected chi connectivity index (χ2v) is 7.11. The van der Waals surface area contributed by atoms with Gasteiger partial charge in [0.2, 0.25) is 12.7 Å². The van der Waals surface area contributed by atoms with E-state index in [9.17, 15) is 4.79 Å². The number of carbonyl (C=O) groups is 1. The van der Waals surface area contributed by atoms with Crippen LogP contribution >= 0.6 is 0 Å². The van der Waals surface area contributed by atoms with Crippen LogP contribution in [-0.4, -0.2) is 17.6 Å². The second kappa shape index (κ2) is 9.49. The third-order valence-corrected chi connectivity index (χ3v) is 4.80. The first kappa shape index (κ1) is 19.3. The predicted molar refractivity (Wildman–Crippen MR) is 104 cm³/mol. The Balaban J connectivity index is 1.64. The number of rotatable bonds is 10. The van der Waals surface area contributed by atoms with Crippen LogP contribution < -0.4 is 9.47 Å². The maximum atomic E-state index is 12.9. The minimum atomic E-state index is 0.165. The Hall–Kier alpha value is -2.43. The molecule has 2 aromatic rings. The normalized spacial score (nSPS) is 12.4. The second-order valence-electron chi connectivity index (χ2n) is 7.11. The van der Waals surface area contributed by atoms with Crippen LogP contribution in [-0.2, 0) is 17.9 Å². The van der Waals surface area contributed by atoms with Gasteiger partial charge in [0, 0.05) is 13.0 Å². The van der Waals surface area contributed by atoms with Gasteiger partial charge in [0.25, 0.3) is 0 Å². The third kappa shape index (κ3) is 5.52. The SMILES string of the molecule is CCCCCCCC(=O)N(Cc1ccc2c(c1)OCO2)Cc1ccc(C)o1. The molecule has 1 amide bonds. The first-order valence-electron chi connectivity index (χ1n) is 9.87. The number of nitrogens with zero attached hydrogens (tertiary/aromatic N) is 1. The zero-order chi connectivity index (χ0) is 19.1. The average Bonchev–Trinajstić information content (AvgIpc) is 3.29. The number of amides is 1. The summed E-state index contributed by atoms with van der Waals surface area (Å²) < 4.78 is 16.5. The highest BCUT2D eigenvalue weighted by atomic mass is 16.7. The number of ether oxygens (including phenoxy) is 2. The van der Waals surface area contributed by atoms with E-state index in [0.717, 1.165) is 41.4 Å². The number of aryl methyl sites for hydroxylation is 1. The number of furan rings is 1. The van der Waals surface area contributed by atoms with Crippen LogP contribution in [0, 0.1) is 6.92 Å². The summed E-state index contributed by atoms with van der Waals surface area (Å²) in [6.07, 6.45) is 6.27. The first-order chi connectivity index (χ1) is 13.2. The molecule has 5 heteroatoms. The fraction of sp³-hybridized carbons (Fsp3) is 0.500. The highest BCUT2D eigenvalue weighted by Crippen LogP contribution is 2.33. The lowest BCUT2D eigenvalue weighted by atomic mass is 10.1. The van der Waals surface area contributed by atoms with E-state index in [1.807, 2.05) is 42.2 Å². The van der Waals surface area contributed by atoms with Crippen molar-refractivity contribution in [1.82, 2.24) is 4.90 Å². The predicted octanol–water partition coefficient (Wildman–Crippen LogP) is 5.21. The number of benzene rings is 1. The molecule has 3 rings (SSSR count). The van der Waals surface area contributed by atoms with Crippen molar-refractivity contribution < 1.29 is 18.7 Å². The van der Waals surface area contributed by atoms with Crippen molar-refractivity contribution in [1.29, 1.82) is 0 Å². The van der Waals surface area contributed by atoms with Gasteiger partial charge in [-0.2, -0.15) is 0 Å². The molecule has 0 spiro atoms. The van der Waals surface area contributed by atoms with Gasteiger partial charge in [-0.25, -0.2) is 0 Å². The standard InChI is InChI=1S/C22H29NO4/c1-3-4-5-6-7-8-22(24)23(15-19-11-9-17(2)27-19)14-18-10-12-20-21(13-18)26-16-25-20/h9-13H,3-8,14-16H2,1-2H3. The Morgan fingerprint density at radius 2 is 1.81 bits per heavy atom. The maximum absolute atomic E-state index is 12.9. The van der Waals surface area contributed by atoms with Gasteiger partial charge in [0.15, 0.2) is 11.5 Å². The van der Waals surface area contributed by atoms with E-state index in [1.165, 1.54) is 19.3 Å². The summed E-state index contributed by atoms with van der Waals surface area (Å²) >= 11 is 0. The molecule has 1 aliphatic rings. The van der Waals surface area contributed by atoms with E-state index in [0.29, 0.717) is 19.5 Å². The zero-order valence-corrected chi connectivity index (χ0v) is 16.3. The van der Waals surface area contributed by atoms with Crippen LogP contribution in [0.4, 0.5) is 0 Å². The fourth-order valence-electron chi connectivity index (χ4n) is 3.29. The minimum Gasteiger partial charge on any atom is -0.464 e. The van der Waals surface area contributed by atoms with Gasteiger partial charge in [-0.3, -0.25) is 4.79 Å². The monoisotopic (exact) mass is 371 g/mol. The number of unbranched alkanes of at least 4 members (excludes halogenated alkanes) is 4. The van der Waals surface area contributed by atoms with Crippen molar-refractivity contribution in [2.75, 3.05) is 6.79 Å². The van der Waals surface area contributed by atoms with Gasteiger partial charge in [0.1, 0.15) is 11.5 Å². The number of fused-ring (bicyclic) bond motifs is 1. The van der Waals surface area contributed by atoms with Gasteiger partial charge in [0.05, 0.1) is 6.54 Å². The van der Waals surface area contributed by atoms with Crippen LogP contribution in [0.15, 0.2) is 34.7 Å². The summed E-state index contributed by atoms with van der Waals surface area (Å²) in [5.41, 5.74) is 1.03. The summed E-state index contributed by atoms with van der Waals surface area (Å²) in [5, 5.41) is 0. The van der Waals surface area contributed by atoms with E-state index in [4.69, 9.17) is 13.9 Å². The third-order valence-electron chi connectivity index (χ3n) is 4.80. The molecule has 0 unspecified atom stereocenters. The Bertz CT molecular complexity index is 753. The first-order valence-corrected chi connectivity index (χ1v) is 9.87. The molecular weight excluding hydrogens is 342 g/mol. The molecule has 5 nitrogen and oxygen atoms in total. The molecular formula is C22H29NO4. The zero-order valence-electron chi connectivity index (χ0n) is 16.3. The average molecular weight is 371 g/mol. The molecule has 0 bridgehead atoms. The summed E-state index contributed by atoms with van der Waals surface area (Å²) in [6, 6.07) is 9.72. The van der Waals surface area contributed by atoms with Gasteiger partial charge < -0.3 is 18.8 Å². The molecule has 1 aliphatic heterocycles. The maximum Gasteiger partial charge on any atom is 0.231 e. The van der Waals surface area contributed by atoms with E-state index < -0.39 is 0 Å². The lowest BCUT2D eigenvalue weighted by Crippen LogP contribution is -2.29. The van der Waals surface area contributed by atoms with Gasteiger partial charge in [-0.15, -0.1) is 0 Å². The Morgan fingerprint density at radius 3 is 2.59 bits per heavy atom. The lowest BCUT2D eigenvalue weighted by molar-refractivity contribution is -0.132. The van der Waals surface area contributed by atoms with E-state index >= 15 is 0 Å². The van der Waals surface area contributed by atoms with Crippen molar-refractivity contribution in [3.05, 3.63) is 47.4 Å². The number of hydrogen-bond acceptors (Lipinski definition) is 4. The molecule has 146 valence electrons. The van der Waals surface area contributed by atoms with Crippen LogP contribution in [0.5, 0.6) is 11.5 Å². The molecule has 0 saturated heterocycles. The van der Waals surface area contributed by atoms with Crippen molar-refractivity contribution in [2.24, 2.45) is 0 Å². The molecule has 2 heterocycles. The van der Waals surface area contributed by atoms with E-state index in [2.05, 4.69) is 6.92 Å². The molecule has 0 saturated carbocycles. The summed E-state index contributed by atoms with van der Waals surface area (Å²) in [6.45, 7) is 5.38. The number of carbonyl (C=O) groups excluding carboxylic acids is 1. The molecule has 1 aromatic carbocycles. The molecule has 27 heavy (non-hydrogen) atoms. The van der Waals surface area contributed by atoms with Gasteiger partial charge in [-0.05, 0) is 43.2 Å². The minimum absolute atomic E-state index is 0.165.